The van der Waals surface area contributed by atoms with E-state index in [-0.39, 0.29) is 5.02 Å². The SMILES string of the molecule is Fc1ccc(Nc2nc(-c3cccnc3)nc3ccc(-c4cccc(Cl)c4)cc23)cc1Cl. The number of aromatic nitrogens is 3. The Morgan fingerprint density at radius 1 is 0.781 bits per heavy atom. The molecular formula is C25H15Cl2FN4. The summed E-state index contributed by atoms with van der Waals surface area (Å²) in [6, 6.07) is 21.7. The fourth-order valence-corrected chi connectivity index (χ4v) is 3.78. The highest BCUT2D eigenvalue weighted by Crippen LogP contribution is 2.32. The van der Waals surface area contributed by atoms with Gasteiger partial charge >= 0.3 is 0 Å². The fourth-order valence-electron chi connectivity index (χ4n) is 3.41. The van der Waals surface area contributed by atoms with Crippen molar-refractivity contribution in [2.45, 2.75) is 0 Å². The molecule has 0 fully saturated rings. The zero-order valence-electron chi connectivity index (χ0n) is 16.6. The Bertz CT molecular complexity index is 1440. The molecule has 156 valence electrons. The maximum Gasteiger partial charge on any atom is 0.163 e. The molecule has 0 atom stereocenters. The number of halogens is 3. The predicted molar refractivity (Wildman–Crippen MR) is 128 cm³/mol. The Balaban J connectivity index is 1.68. The normalized spacial score (nSPS) is 11.0. The molecule has 0 aliphatic carbocycles. The van der Waals surface area contributed by atoms with Gasteiger partial charge in [0.1, 0.15) is 11.6 Å². The van der Waals surface area contributed by atoms with Crippen molar-refractivity contribution in [3.8, 4) is 22.5 Å². The molecule has 0 aliphatic heterocycles. The summed E-state index contributed by atoms with van der Waals surface area (Å²) < 4.78 is 13.6. The number of rotatable bonds is 4. The molecule has 32 heavy (non-hydrogen) atoms. The molecule has 4 nitrogen and oxygen atoms in total. The van der Waals surface area contributed by atoms with E-state index in [1.54, 1.807) is 18.5 Å². The van der Waals surface area contributed by atoms with Gasteiger partial charge in [-0.2, -0.15) is 0 Å². The molecule has 5 aromatic rings. The molecule has 0 unspecified atom stereocenters. The number of hydrogen-bond donors (Lipinski definition) is 1. The van der Waals surface area contributed by atoms with Crippen LogP contribution in [0.4, 0.5) is 15.9 Å². The second-order valence-electron chi connectivity index (χ2n) is 7.13. The molecular weight excluding hydrogens is 446 g/mol. The van der Waals surface area contributed by atoms with E-state index in [2.05, 4.69) is 10.3 Å². The van der Waals surface area contributed by atoms with E-state index < -0.39 is 5.82 Å². The highest BCUT2D eigenvalue weighted by Gasteiger charge is 2.12. The van der Waals surface area contributed by atoms with Crippen LogP contribution in [0.5, 0.6) is 0 Å². The summed E-state index contributed by atoms with van der Waals surface area (Å²) >= 11 is 12.2. The highest BCUT2D eigenvalue weighted by atomic mass is 35.5. The molecule has 7 heteroatoms. The van der Waals surface area contributed by atoms with Crippen molar-refractivity contribution < 1.29 is 4.39 Å². The number of benzene rings is 3. The van der Waals surface area contributed by atoms with E-state index in [1.165, 1.54) is 12.1 Å². The maximum atomic E-state index is 13.6. The summed E-state index contributed by atoms with van der Waals surface area (Å²) in [4.78, 5) is 13.6. The van der Waals surface area contributed by atoms with E-state index in [1.807, 2.05) is 54.6 Å². The molecule has 0 amide bonds. The first-order chi connectivity index (χ1) is 15.6. The average molecular weight is 461 g/mol. The summed E-state index contributed by atoms with van der Waals surface area (Å²) in [5.41, 5.74) is 4.10. The lowest BCUT2D eigenvalue weighted by atomic mass is 10.0. The summed E-state index contributed by atoms with van der Waals surface area (Å²) in [5, 5.41) is 4.75. The van der Waals surface area contributed by atoms with Gasteiger partial charge in [-0.3, -0.25) is 4.98 Å². The van der Waals surface area contributed by atoms with Crippen molar-refractivity contribution in [3.05, 3.63) is 101 Å². The Labute approximate surface area is 193 Å². The zero-order valence-corrected chi connectivity index (χ0v) is 18.1. The van der Waals surface area contributed by atoms with Gasteiger partial charge in [0, 0.05) is 34.1 Å². The first kappa shape index (κ1) is 20.4. The maximum absolute atomic E-state index is 13.6. The Morgan fingerprint density at radius 3 is 2.41 bits per heavy atom. The summed E-state index contributed by atoms with van der Waals surface area (Å²) in [6.45, 7) is 0. The van der Waals surface area contributed by atoms with Crippen molar-refractivity contribution >= 4 is 45.6 Å². The third-order valence-corrected chi connectivity index (χ3v) is 5.48. The van der Waals surface area contributed by atoms with Crippen molar-refractivity contribution in [1.29, 1.82) is 0 Å². The second-order valence-corrected chi connectivity index (χ2v) is 7.98. The van der Waals surface area contributed by atoms with E-state index in [4.69, 9.17) is 33.2 Å². The predicted octanol–water partition coefficient (Wildman–Crippen LogP) is 7.55. The van der Waals surface area contributed by atoms with E-state index in [0.717, 1.165) is 27.6 Å². The summed E-state index contributed by atoms with van der Waals surface area (Å²) in [6.07, 6.45) is 3.40. The number of nitrogens with one attached hydrogen (secondary N) is 1. The zero-order chi connectivity index (χ0) is 22.1. The third-order valence-electron chi connectivity index (χ3n) is 4.96. The van der Waals surface area contributed by atoms with Crippen LogP contribution < -0.4 is 5.32 Å². The topological polar surface area (TPSA) is 50.7 Å². The number of anilines is 2. The molecule has 1 N–H and O–H groups in total. The minimum absolute atomic E-state index is 0.0282. The van der Waals surface area contributed by atoms with Crippen molar-refractivity contribution in [1.82, 2.24) is 15.0 Å². The van der Waals surface area contributed by atoms with Gasteiger partial charge < -0.3 is 5.32 Å². The Hall–Kier alpha value is -3.54. The Morgan fingerprint density at radius 2 is 1.62 bits per heavy atom. The minimum atomic E-state index is -0.482. The lowest BCUT2D eigenvalue weighted by molar-refractivity contribution is 0.628. The van der Waals surface area contributed by atoms with Gasteiger partial charge in [0.2, 0.25) is 0 Å². The van der Waals surface area contributed by atoms with Crippen molar-refractivity contribution in [3.63, 3.8) is 0 Å². The number of pyridine rings is 1. The van der Waals surface area contributed by atoms with Crippen LogP contribution in [-0.2, 0) is 0 Å². The quantitative estimate of drug-likeness (QED) is 0.300. The molecule has 0 saturated heterocycles. The van der Waals surface area contributed by atoms with Crippen LogP contribution in [0.15, 0.2) is 85.2 Å². The molecule has 0 saturated carbocycles. The standard InChI is InChI=1S/C25H15Cl2FN4/c26-18-5-1-3-15(11-18)16-6-9-23-20(12-16)25(30-19-7-8-22(28)21(27)13-19)32-24(31-23)17-4-2-10-29-14-17/h1-14H,(H,30,31,32). The van der Waals surface area contributed by atoms with Crippen LogP contribution in [0.1, 0.15) is 0 Å². The van der Waals surface area contributed by atoms with Crippen LogP contribution >= 0.6 is 23.2 Å². The fraction of sp³-hybridized carbons (Fsp3) is 0. The van der Waals surface area contributed by atoms with Crippen LogP contribution in [0.25, 0.3) is 33.4 Å². The second kappa shape index (κ2) is 8.54. The molecule has 3 aromatic carbocycles. The number of fused-ring (bicyclic) bond motifs is 1. The first-order valence-electron chi connectivity index (χ1n) is 9.77. The van der Waals surface area contributed by atoms with Crippen LogP contribution in [0, 0.1) is 5.82 Å². The molecule has 2 aromatic heterocycles. The van der Waals surface area contributed by atoms with Crippen LogP contribution in [0.3, 0.4) is 0 Å². The molecule has 0 radical (unpaired) electrons. The van der Waals surface area contributed by atoms with Gasteiger partial charge in [0.25, 0.3) is 0 Å². The smallest absolute Gasteiger partial charge is 0.163 e. The Kier molecular flexibility index (Phi) is 5.43. The number of hydrogen-bond acceptors (Lipinski definition) is 4. The van der Waals surface area contributed by atoms with Crippen LogP contribution in [0.2, 0.25) is 10.0 Å². The van der Waals surface area contributed by atoms with E-state index >= 15 is 0 Å². The van der Waals surface area contributed by atoms with Crippen molar-refractivity contribution in [2.24, 2.45) is 0 Å². The summed E-state index contributed by atoms with van der Waals surface area (Å²) in [7, 11) is 0. The minimum Gasteiger partial charge on any atom is -0.340 e. The molecule has 0 spiro atoms. The van der Waals surface area contributed by atoms with Gasteiger partial charge in [0.05, 0.1) is 10.5 Å². The monoisotopic (exact) mass is 460 g/mol. The lowest BCUT2D eigenvalue weighted by Gasteiger charge is -2.13. The molecule has 0 aliphatic rings. The lowest BCUT2D eigenvalue weighted by Crippen LogP contribution is -2.00. The van der Waals surface area contributed by atoms with E-state index in [0.29, 0.717) is 22.4 Å². The van der Waals surface area contributed by atoms with E-state index in [9.17, 15) is 4.39 Å². The van der Waals surface area contributed by atoms with Gasteiger partial charge in [-0.15, -0.1) is 0 Å². The average Bonchev–Trinajstić information content (AvgIpc) is 2.82. The largest absolute Gasteiger partial charge is 0.340 e. The summed E-state index contributed by atoms with van der Waals surface area (Å²) in [5.74, 6) is 0.612. The van der Waals surface area contributed by atoms with Crippen molar-refractivity contribution in [2.75, 3.05) is 5.32 Å². The van der Waals surface area contributed by atoms with Gasteiger partial charge in [-0.1, -0.05) is 41.4 Å². The number of nitrogens with zero attached hydrogens (tertiary/aromatic N) is 3. The van der Waals surface area contributed by atoms with Gasteiger partial charge in [-0.05, 0) is 65.7 Å². The first-order valence-corrected chi connectivity index (χ1v) is 10.5. The molecule has 0 bridgehead atoms. The van der Waals surface area contributed by atoms with Gasteiger partial charge in [0.15, 0.2) is 5.82 Å². The molecule has 5 rings (SSSR count). The third kappa shape index (κ3) is 4.13. The molecule has 2 heterocycles. The highest BCUT2D eigenvalue weighted by molar-refractivity contribution is 6.31. The van der Waals surface area contributed by atoms with Gasteiger partial charge in [-0.25, -0.2) is 14.4 Å². The van der Waals surface area contributed by atoms with Crippen LogP contribution in [-0.4, -0.2) is 15.0 Å².